The molecule has 7 rings (SSSR count). The van der Waals surface area contributed by atoms with E-state index in [0.717, 1.165) is 24.0 Å². The highest BCUT2D eigenvalue weighted by Gasteiger charge is 2.26. The molecule has 224 valence electrons. The Morgan fingerprint density at radius 2 is 1.87 bits per heavy atom. The Morgan fingerprint density at radius 1 is 1.04 bits per heavy atom. The number of nitrogens with two attached hydrogens (primary N) is 1. The summed E-state index contributed by atoms with van der Waals surface area (Å²) in [5.41, 5.74) is 9.06. The second-order valence-corrected chi connectivity index (χ2v) is 11.1. The molecule has 6 aromatic rings. The van der Waals surface area contributed by atoms with Gasteiger partial charge < -0.3 is 10.5 Å². The quantitative estimate of drug-likeness (QED) is 0.238. The number of aromatic nitrogens is 6. The molecule has 0 aliphatic heterocycles. The normalized spacial score (nSPS) is 12.8. The van der Waals surface area contributed by atoms with Gasteiger partial charge in [-0.15, -0.1) is 0 Å². The van der Waals surface area contributed by atoms with E-state index >= 15 is 4.39 Å². The molecule has 0 spiro atoms. The molecule has 0 atom stereocenters. The molecule has 10 nitrogen and oxygen atoms in total. The van der Waals surface area contributed by atoms with Crippen molar-refractivity contribution in [3.8, 4) is 17.1 Å². The van der Waals surface area contributed by atoms with Crippen LogP contribution in [0.2, 0.25) is 0 Å². The van der Waals surface area contributed by atoms with E-state index in [2.05, 4.69) is 20.1 Å². The number of fused-ring (bicyclic) bond motifs is 1. The summed E-state index contributed by atoms with van der Waals surface area (Å²) in [5.74, 6) is -0.110. The van der Waals surface area contributed by atoms with E-state index in [9.17, 15) is 9.59 Å². The van der Waals surface area contributed by atoms with Crippen LogP contribution < -0.4 is 11.3 Å². The van der Waals surface area contributed by atoms with Gasteiger partial charge in [0.05, 0.1) is 22.8 Å². The molecule has 3 aromatic heterocycles. The van der Waals surface area contributed by atoms with Gasteiger partial charge in [-0.25, -0.2) is 14.2 Å². The third kappa shape index (κ3) is 5.67. The van der Waals surface area contributed by atoms with Gasteiger partial charge in [0.1, 0.15) is 18.2 Å². The molecule has 0 amide bonds. The Hall–Kier alpha value is -5.71. The molecule has 3 aromatic carbocycles. The van der Waals surface area contributed by atoms with Crippen molar-refractivity contribution < 1.29 is 13.9 Å². The first-order chi connectivity index (χ1) is 21.8. The summed E-state index contributed by atoms with van der Waals surface area (Å²) < 4.78 is 24.2. The van der Waals surface area contributed by atoms with E-state index in [0.29, 0.717) is 45.9 Å². The van der Waals surface area contributed by atoms with Gasteiger partial charge in [0.15, 0.2) is 5.82 Å². The van der Waals surface area contributed by atoms with E-state index < -0.39 is 17.3 Å². The molecule has 0 unspecified atom stereocenters. The van der Waals surface area contributed by atoms with E-state index in [1.807, 2.05) is 19.3 Å². The summed E-state index contributed by atoms with van der Waals surface area (Å²) >= 11 is 0. The number of benzene rings is 3. The van der Waals surface area contributed by atoms with Crippen LogP contribution in [0.25, 0.3) is 27.8 Å². The summed E-state index contributed by atoms with van der Waals surface area (Å²) in [5, 5.41) is 4.73. The minimum atomic E-state index is -0.563. The maximum absolute atomic E-state index is 15.4. The van der Waals surface area contributed by atoms with Crippen LogP contribution in [-0.4, -0.2) is 35.3 Å². The minimum Gasteiger partial charge on any atom is -0.457 e. The molecule has 1 fully saturated rings. The van der Waals surface area contributed by atoms with Crippen LogP contribution in [0.15, 0.2) is 90.1 Å². The number of nitrogen functional groups attached to an aromatic ring is 1. The highest BCUT2D eigenvalue weighted by Crippen LogP contribution is 2.41. The van der Waals surface area contributed by atoms with Crippen LogP contribution in [0.1, 0.15) is 51.6 Å². The number of hydrogen-bond acceptors (Lipinski definition) is 8. The van der Waals surface area contributed by atoms with Crippen molar-refractivity contribution in [3.63, 3.8) is 0 Å². The average molecular weight is 602 g/mol. The maximum Gasteiger partial charge on any atom is 0.338 e. The lowest BCUT2D eigenvalue weighted by molar-refractivity contribution is 0.0473. The van der Waals surface area contributed by atoms with Crippen LogP contribution in [0.3, 0.4) is 0 Å². The van der Waals surface area contributed by atoms with Gasteiger partial charge in [0.25, 0.3) is 5.56 Å². The lowest BCUT2D eigenvalue weighted by Crippen LogP contribution is -2.21. The summed E-state index contributed by atoms with van der Waals surface area (Å²) in [6.07, 6.45) is 7.58. The second-order valence-electron chi connectivity index (χ2n) is 11.1. The number of aryl methyl sites for hydroxylation is 1. The van der Waals surface area contributed by atoms with Crippen LogP contribution >= 0.6 is 0 Å². The fourth-order valence-corrected chi connectivity index (χ4v) is 5.53. The lowest BCUT2D eigenvalue weighted by Gasteiger charge is -2.17. The molecular formula is C34H28FN7O3. The Balaban J connectivity index is 1.35. The van der Waals surface area contributed by atoms with Gasteiger partial charge in [0.2, 0.25) is 5.95 Å². The molecule has 0 bridgehead atoms. The molecule has 0 radical (unpaired) electrons. The maximum atomic E-state index is 15.4. The van der Waals surface area contributed by atoms with Crippen LogP contribution in [0, 0.1) is 5.82 Å². The number of carbonyl (C=O) groups is 1. The Morgan fingerprint density at radius 3 is 2.62 bits per heavy atom. The zero-order valence-electron chi connectivity index (χ0n) is 24.4. The van der Waals surface area contributed by atoms with Crippen molar-refractivity contribution >= 4 is 22.7 Å². The third-order valence-corrected chi connectivity index (χ3v) is 7.86. The monoisotopic (exact) mass is 601 g/mol. The molecule has 45 heavy (non-hydrogen) atoms. The van der Waals surface area contributed by atoms with Gasteiger partial charge in [-0.3, -0.25) is 14.0 Å². The number of hydrogen-bond donors (Lipinski definition) is 1. The summed E-state index contributed by atoms with van der Waals surface area (Å²) in [6, 6.07) is 18.9. The largest absolute Gasteiger partial charge is 0.457 e. The van der Waals surface area contributed by atoms with Gasteiger partial charge in [-0.2, -0.15) is 15.1 Å². The average Bonchev–Trinajstić information content (AvgIpc) is 3.81. The lowest BCUT2D eigenvalue weighted by atomic mass is 10.0. The number of halogens is 1. The van der Waals surface area contributed by atoms with Crippen LogP contribution in [-0.2, 0) is 24.8 Å². The first-order valence-corrected chi connectivity index (χ1v) is 14.5. The van der Waals surface area contributed by atoms with Crippen molar-refractivity contribution in [2.75, 3.05) is 5.73 Å². The third-order valence-electron chi connectivity index (χ3n) is 7.86. The van der Waals surface area contributed by atoms with Gasteiger partial charge >= 0.3 is 5.97 Å². The molecule has 11 heteroatoms. The van der Waals surface area contributed by atoms with Crippen molar-refractivity contribution in [1.82, 2.24) is 29.3 Å². The Labute approximate surface area is 257 Å². The van der Waals surface area contributed by atoms with Crippen LogP contribution in [0.4, 0.5) is 10.3 Å². The van der Waals surface area contributed by atoms with Crippen molar-refractivity contribution in [1.29, 1.82) is 0 Å². The molecule has 2 N–H and O–H groups in total. The molecule has 3 heterocycles. The number of anilines is 1. The van der Waals surface area contributed by atoms with Crippen molar-refractivity contribution in [3.05, 3.63) is 130 Å². The fourth-order valence-electron chi connectivity index (χ4n) is 5.53. The molecule has 1 aliphatic rings. The smallest absolute Gasteiger partial charge is 0.338 e. The highest BCUT2D eigenvalue weighted by molar-refractivity contribution is 5.89. The van der Waals surface area contributed by atoms with E-state index in [1.54, 1.807) is 71.7 Å². The van der Waals surface area contributed by atoms with E-state index in [1.165, 1.54) is 10.6 Å². The zero-order valence-corrected chi connectivity index (χ0v) is 24.4. The first kappa shape index (κ1) is 28.1. The molecule has 1 saturated carbocycles. The van der Waals surface area contributed by atoms with Gasteiger partial charge in [0, 0.05) is 37.0 Å². The first-order valence-electron chi connectivity index (χ1n) is 14.5. The van der Waals surface area contributed by atoms with E-state index in [4.69, 9.17) is 10.5 Å². The second kappa shape index (κ2) is 11.4. The zero-order chi connectivity index (χ0) is 31.1. The number of nitrogens with zero attached hydrogens (tertiary/aromatic N) is 6. The molecule has 1 aliphatic carbocycles. The number of esters is 1. The molecule has 0 saturated heterocycles. The Kier molecular flexibility index (Phi) is 7.13. The van der Waals surface area contributed by atoms with E-state index in [-0.39, 0.29) is 23.8 Å². The number of pyridine rings is 1. The summed E-state index contributed by atoms with van der Waals surface area (Å²) in [7, 11) is 1.82. The predicted octanol–water partition coefficient (Wildman–Crippen LogP) is 5.12. The van der Waals surface area contributed by atoms with Crippen molar-refractivity contribution in [2.45, 2.75) is 31.8 Å². The SMILES string of the molecule is Cn1cc(Cc2nc(N)nc(-c3cccc(-n4ccc5cc(C6CC6)cc(F)c5c4=O)c3COC(=O)c3ccccc3)n2)cn1. The van der Waals surface area contributed by atoms with Gasteiger partial charge in [-0.05, 0) is 65.6 Å². The fraction of sp³-hybridized carbons (Fsp3) is 0.176. The van der Waals surface area contributed by atoms with Crippen molar-refractivity contribution in [2.24, 2.45) is 7.05 Å². The predicted molar refractivity (Wildman–Crippen MR) is 166 cm³/mol. The van der Waals surface area contributed by atoms with Crippen LogP contribution in [0.5, 0.6) is 0 Å². The minimum absolute atomic E-state index is 0.00735. The Bertz CT molecular complexity index is 2140. The standard InChI is InChI=1S/C34H28FN7O3/c1-41-18-20(17-37-41)14-29-38-31(40-34(36)39-29)25-8-5-9-28(26(25)19-45-33(44)22-6-3-2-4-7-22)42-13-12-23-15-24(21-10-11-21)16-27(35)30(23)32(42)43/h2-9,12-13,15-18,21H,10-11,14,19H2,1H3,(H2,36,38,39,40). The summed E-state index contributed by atoms with van der Waals surface area (Å²) in [4.78, 5) is 40.2. The topological polar surface area (TPSA) is 131 Å². The summed E-state index contributed by atoms with van der Waals surface area (Å²) in [6.45, 7) is -0.226. The number of rotatable bonds is 8. The molecular weight excluding hydrogens is 573 g/mol. The number of ether oxygens (including phenoxy) is 1. The highest BCUT2D eigenvalue weighted by atomic mass is 19.1. The van der Waals surface area contributed by atoms with Gasteiger partial charge in [-0.1, -0.05) is 36.4 Å². The number of carbonyl (C=O) groups excluding carboxylic acids is 1.